The van der Waals surface area contributed by atoms with Crippen LogP contribution in [0.5, 0.6) is 0 Å². The second-order valence-electron chi connectivity index (χ2n) is 11.2. The van der Waals surface area contributed by atoms with E-state index >= 15 is 0 Å². The van der Waals surface area contributed by atoms with Gasteiger partial charge in [0, 0.05) is 57.7 Å². The zero-order chi connectivity index (χ0) is 29.5. The van der Waals surface area contributed by atoms with Gasteiger partial charge in [0.2, 0.25) is 0 Å². The Hall–Kier alpha value is -3.58. The molecule has 0 spiro atoms. The predicted molar refractivity (Wildman–Crippen MR) is 175 cm³/mol. The summed E-state index contributed by atoms with van der Waals surface area (Å²) in [5, 5.41) is 1.64. The van der Waals surface area contributed by atoms with Crippen LogP contribution >= 0.6 is 11.3 Å². The molecule has 0 radical (unpaired) electrons. The third kappa shape index (κ3) is 6.57. The first-order chi connectivity index (χ1) is 20.4. The van der Waals surface area contributed by atoms with Crippen molar-refractivity contribution in [2.75, 3.05) is 40.4 Å². The van der Waals surface area contributed by atoms with Crippen LogP contribution in [0.2, 0.25) is 0 Å². The molecule has 0 amide bonds. The molecular weight excluding hydrogens is 540 g/mol. The van der Waals surface area contributed by atoms with Crippen molar-refractivity contribution in [1.82, 2.24) is 9.80 Å². The maximum Gasteiger partial charge on any atom is 0.195 e. The fourth-order valence-corrected chi connectivity index (χ4v) is 6.99. The van der Waals surface area contributed by atoms with Crippen molar-refractivity contribution in [3.63, 3.8) is 0 Å². The molecule has 2 atom stereocenters. The number of nitrogens with zero attached hydrogens (tertiary/aromatic N) is 2. The van der Waals surface area contributed by atoms with E-state index < -0.39 is 0 Å². The van der Waals surface area contributed by atoms with E-state index in [1.165, 1.54) is 11.3 Å². The lowest BCUT2D eigenvalue weighted by Crippen LogP contribution is -2.53. The Labute approximate surface area is 252 Å². The number of fused-ring (bicyclic) bond motifs is 2. The molecule has 1 aliphatic heterocycles. The zero-order valence-corrected chi connectivity index (χ0v) is 25.6. The van der Waals surface area contributed by atoms with Gasteiger partial charge < -0.3 is 9.64 Å². The average Bonchev–Trinajstić information content (AvgIpc) is 3.03. The maximum atomic E-state index is 12.3. The van der Waals surface area contributed by atoms with E-state index in [4.69, 9.17) is 4.74 Å². The van der Waals surface area contributed by atoms with Crippen LogP contribution in [0.15, 0.2) is 108 Å². The van der Waals surface area contributed by atoms with Crippen molar-refractivity contribution >= 4 is 37.3 Å². The van der Waals surface area contributed by atoms with Crippen LogP contribution in [0.4, 0.5) is 0 Å². The largest absolute Gasteiger partial charge is 0.378 e. The van der Waals surface area contributed by atoms with E-state index in [1.54, 1.807) is 11.3 Å². The molecule has 1 aromatic heterocycles. The van der Waals surface area contributed by atoms with E-state index in [1.807, 2.05) is 55.5 Å². The van der Waals surface area contributed by atoms with Gasteiger partial charge in [-0.15, -0.1) is 11.3 Å². The standard InChI is InChI=1S/C23H32N2O2.C13H8OS/c1-4-22(26)16-20-10-11-21(25-12-14-27-15-13-25)18-23(20,24(2)3)17-19-8-6-5-7-9-19;14-13-9-5-1-3-7-11(9)15-12-8-4-2-6-10(12)13/h5-11,18,20H,4,12-17H2,1-3H3;1-8H. The zero-order valence-electron chi connectivity index (χ0n) is 24.8. The summed E-state index contributed by atoms with van der Waals surface area (Å²) in [6.07, 6.45) is 8.96. The van der Waals surface area contributed by atoms with Crippen LogP contribution in [-0.4, -0.2) is 61.5 Å². The van der Waals surface area contributed by atoms with Gasteiger partial charge in [0.05, 0.1) is 18.8 Å². The van der Waals surface area contributed by atoms with E-state index in [9.17, 15) is 9.59 Å². The second kappa shape index (κ2) is 13.6. The Morgan fingerprint density at radius 2 is 1.52 bits per heavy atom. The van der Waals surface area contributed by atoms with E-state index in [0.29, 0.717) is 18.6 Å². The Kier molecular flexibility index (Phi) is 9.68. The molecule has 4 aromatic rings. The van der Waals surface area contributed by atoms with E-state index in [-0.39, 0.29) is 16.9 Å². The number of allylic oxidation sites excluding steroid dienone is 1. The van der Waals surface area contributed by atoms with Crippen LogP contribution in [0.1, 0.15) is 25.3 Å². The van der Waals surface area contributed by atoms with Crippen molar-refractivity contribution in [3.05, 3.63) is 119 Å². The fourth-order valence-electron chi connectivity index (χ4n) is 5.92. The van der Waals surface area contributed by atoms with Gasteiger partial charge in [-0.3, -0.25) is 14.5 Å². The molecule has 42 heavy (non-hydrogen) atoms. The summed E-state index contributed by atoms with van der Waals surface area (Å²) < 4.78 is 7.64. The molecule has 2 unspecified atom stereocenters. The number of Topliss-reactive ketones (excluding diaryl/α,β-unsaturated/α-hetero) is 1. The minimum absolute atomic E-state index is 0.139. The number of carbonyl (C=O) groups is 1. The summed E-state index contributed by atoms with van der Waals surface area (Å²) in [6, 6.07) is 26.1. The van der Waals surface area contributed by atoms with Crippen molar-refractivity contribution in [2.24, 2.45) is 5.92 Å². The third-order valence-electron chi connectivity index (χ3n) is 8.40. The number of ether oxygens (including phenoxy) is 1. The Balaban J connectivity index is 0.000000196. The van der Waals surface area contributed by atoms with Crippen LogP contribution < -0.4 is 5.43 Å². The molecule has 6 rings (SSSR count). The van der Waals surface area contributed by atoms with Gasteiger partial charge >= 0.3 is 0 Å². The summed E-state index contributed by atoms with van der Waals surface area (Å²) in [5.74, 6) is 0.497. The molecule has 1 fully saturated rings. The number of likely N-dealkylation sites (N-methyl/N-ethyl adjacent to an activating group) is 1. The predicted octanol–water partition coefficient (Wildman–Crippen LogP) is 6.72. The lowest BCUT2D eigenvalue weighted by molar-refractivity contribution is -0.120. The molecule has 1 saturated heterocycles. The molecule has 2 heterocycles. The highest BCUT2D eigenvalue weighted by atomic mass is 32.1. The maximum absolute atomic E-state index is 12.3. The number of carbonyl (C=O) groups excluding carboxylic acids is 1. The molecule has 0 bridgehead atoms. The second-order valence-corrected chi connectivity index (χ2v) is 12.3. The van der Waals surface area contributed by atoms with Gasteiger partial charge in [0.1, 0.15) is 5.78 Å². The van der Waals surface area contributed by atoms with Crippen LogP contribution in [0.3, 0.4) is 0 Å². The number of rotatable bonds is 7. The highest BCUT2D eigenvalue weighted by molar-refractivity contribution is 7.24. The number of benzene rings is 3. The molecule has 1 aliphatic carbocycles. The fraction of sp³-hybridized carbons (Fsp3) is 0.333. The third-order valence-corrected chi connectivity index (χ3v) is 9.56. The number of hydrogen-bond donors (Lipinski definition) is 0. The molecule has 6 heteroatoms. The normalized spacial score (nSPS) is 20.3. The van der Waals surface area contributed by atoms with Crippen LogP contribution in [0, 0.1) is 5.92 Å². The van der Waals surface area contributed by atoms with Crippen molar-refractivity contribution in [1.29, 1.82) is 0 Å². The summed E-state index contributed by atoms with van der Waals surface area (Å²) in [5.41, 5.74) is 2.48. The highest BCUT2D eigenvalue weighted by Crippen LogP contribution is 2.38. The number of morpholine rings is 1. The lowest BCUT2D eigenvalue weighted by Gasteiger charge is -2.46. The number of hydrogen-bond acceptors (Lipinski definition) is 6. The van der Waals surface area contributed by atoms with Crippen LogP contribution in [-0.2, 0) is 16.0 Å². The first kappa shape index (κ1) is 29.9. The summed E-state index contributed by atoms with van der Waals surface area (Å²) >= 11 is 1.67. The molecular formula is C36H40N2O3S. The average molecular weight is 581 g/mol. The van der Waals surface area contributed by atoms with Gasteiger partial charge in [-0.1, -0.05) is 67.6 Å². The van der Waals surface area contributed by atoms with Crippen molar-refractivity contribution < 1.29 is 9.53 Å². The molecule has 218 valence electrons. The Morgan fingerprint density at radius 1 is 0.929 bits per heavy atom. The smallest absolute Gasteiger partial charge is 0.195 e. The monoisotopic (exact) mass is 580 g/mol. The topological polar surface area (TPSA) is 49.9 Å². The first-order valence-electron chi connectivity index (χ1n) is 14.8. The van der Waals surface area contributed by atoms with Gasteiger partial charge in [-0.2, -0.15) is 0 Å². The number of ketones is 1. The van der Waals surface area contributed by atoms with Crippen molar-refractivity contribution in [2.45, 2.75) is 31.7 Å². The van der Waals surface area contributed by atoms with Crippen LogP contribution in [0.25, 0.3) is 20.2 Å². The minimum Gasteiger partial charge on any atom is -0.378 e. The SMILES string of the molecule is CCC(=O)CC1C=CC(N2CCOCC2)=CC1(Cc1ccccc1)N(C)C.O=c1c2ccccc2sc2ccccc12. The molecule has 3 aromatic carbocycles. The summed E-state index contributed by atoms with van der Waals surface area (Å²) in [4.78, 5) is 29.1. The van der Waals surface area contributed by atoms with E-state index in [0.717, 1.165) is 52.9 Å². The Bertz CT molecular complexity index is 1580. The first-order valence-corrected chi connectivity index (χ1v) is 15.6. The molecule has 0 N–H and O–H groups in total. The van der Waals surface area contributed by atoms with Gasteiger partial charge in [0.15, 0.2) is 5.43 Å². The van der Waals surface area contributed by atoms with E-state index in [2.05, 4.69) is 72.5 Å². The molecule has 2 aliphatic rings. The molecule has 5 nitrogen and oxygen atoms in total. The highest BCUT2D eigenvalue weighted by Gasteiger charge is 2.41. The lowest BCUT2D eigenvalue weighted by atomic mass is 9.72. The quantitative estimate of drug-likeness (QED) is 0.227. The minimum atomic E-state index is -0.214. The Morgan fingerprint density at radius 3 is 2.12 bits per heavy atom. The molecule has 0 saturated carbocycles. The van der Waals surface area contributed by atoms with Gasteiger partial charge in [-0.25, -0.2) is 0 Å². The van der Waals surface area contributed by atoms with Gasteiger partial charge in [-0.05, 0) is 62.5 Å². The van der Waals surface area contributed by atoms with Gasteiger partial charge in [0.25, 0.3) is 0 Å². The van der Waals surface area contributed by atoms with Crippen molar-refractivity contribution in [3.8, 4) is 0 Å². The summed E-state index contributed by atoms with van der Waals surface area (Å²) in [6.45, 7) is 5.35. The summed E-state index contributed by atoms with van der Waals surface area (Å²) in [7, 11) is 4.28.